The van der Waals surface area contributed by atoms with Gasteiger partial charge >= 0.3 is 209 Å². The first kappa shape index (κ1) is 32.4. The molecule has 0 aliphatic carbocycles. The normalized spacial score (nSPS) is 12.2. The summed E-state index contributed by atoms with van der Waals surface area (Å²) in [6.45, 7) is 4.40. The van der Waals surface area contributed by atoms with E-state index in [4.69, 9.17) is 4.52 Å². The minimum absolute atomic E-state index is 0.203. The van der Waals surface area contributed by atoms with Crippen LogP contribution in [0.3, 0.4) is 0 Å². The molecular formula is C25H52NO3PS2. The molecule has 0 aromatic heterocycles. The van der Waals surface area contributed by atoms with Crippen molar-refractivity contribution in [3.63, 3.8) is 0 Å². The van der Waals surface area contributed by atoms with E-state index in [1.54, 1.807) is 0 Å². The molecule has 0 N–H and O–H groups in total. The number of rotatable bonds is 22. The second-order valence-corrected chi connectivity index (χ2v) is 16.1. The van der Waals surface area contributed by atoms with Crippen LogP contribution in [0.2, 0.25) is 0 Å². The summed E-state index contributed by atoms with van der Waals surface area (Å²) in [4.78, 5) is 25.0. The molecule has 7 heteroatoms. The summed E-state index contributed by atoms with van der Waals surface area (Å²) in [5, 5.41) is 0.405. The van der Waals surface area contributed by atoms with Crippen LogP contribution in [0.1, 0.15) is 117 Å². The number of hydrogen-bond acceptors (Lipinski definition) is 5. The van der Waals surface area contributed by atoms with Gasteiger partial charge in [-0.15, -0.1) is 0 Å². The molecule has 0 bridgehead atoms. The van der Waals surface area contributed by atoms with Crippen molar-refractivity contribution in [3.8, 4) is 0 Å². The third kappa shape index (κ3) is 23.5. The molecule has 0 saturated carbocycles. The average Bonchev–Trinajstić information content (AvgIpc) is 2.71. The quantitative estimate of drug-likeness (QED) is 0.0832. The summed E-state index contributed by atoms with van der Waals surface area (Å²) in [5.74, 6) is 0. The summed E-state index contributed by atoms with van der Waals surface area (Å²) in [6, 6.07) is 0. The van der Waals surface area contributed by atoms with Gasteiger partial charge in [0.25, 0.3) is 0 Å². The van der Waals surface area contributed by atoms with E-state index in [0.717, 1.165) is 36.7 Å². The molecule has 0 saturated heterocycles. The van der Waals surface area contributed by atoms with Crippen LogP contribution in [-0.2, 0) is 14.1 Å². The first-order valence-electron chi connectivity index (χ1n) is 13.0. The van der Waals surface area contributed by atoms with Crippen LogP contribution < -0.4 is 0 Å². The molecule has 0 rings (SSSR count). The van der Waals surface area contributed by atoms with E-state index in [9.17, 15) is 9.59 Å². The van der Waals surface area contributed by atoms with Crippen molar-refractivity contribution in [2.45, 2.75) is 117 Å². The van der Waals surface area contributed by atoms with Crippen molar-refractivity contribution in [2.75, 3.05) is 34.3 Å². The molecule has 0 radical (unpaired) electrons. The molecule has 0 heterocycles. The maximum absolute atomic E-state index is 12.5. The predicted octanol–water partition coefficient (Wildman–Crippen LogP) is 8.47. The molecule has 0 fully saturated rings. The van der Waals surface area contributed by atoms with Crippen LogP contribution >= 0.6 is 29.3 Å². The van der Waals surface area contributed by atoms with Crippen molar-refractivity contribution in [3.05, 3.63) is 0 Å². The Hall–Kier alpha value is 0.390. The van der Waals surface area contributed by atoms with Gasteiger partial charge in [-0.05, 0) is 0 Å². The van der Waals surface area contributed by atoms with E-state index >= 15 is 0 Å². The molecule has 0 aliphatic heterocycles. The van der Waals surface area contributed by atoms with Gasteiger partial charge in [-0.25, -0.2) is 0 Å². The number of likely N-dealkylation sites (N-methyl/N-ethyl adjacent to an activating group) is 1. The number of carbonyl (C=O) groups excluding carboxylic acids is 2. The molecule has 4 nitrogen and oxygen atoms in total. The van der Waals surface area contributed by atoms with E-state index in [1.165, 1.54) is 87.0 Å². The molecule has 192 valence electrons. The van der Waals surface area contributed by atoms with Gasteiger partial charge in [0.05, 0.1) is 0 Å². The Balaban J connectivity index is 4.24. The number of quaternary nitrogens is 1. The van der Waals surface area contributed by atoms with E-state index in [2.05, 4.69) is 35.0 Å². The van der Waals surface area contributed by atoms with E-state index in [-0.39, 0.29) is 10.2 Å². The fraction of sp³-hybridized carbons (Fsp3) is 0.920. The van der Waals surface area contributed by atoms with Gasteiger partial charge in [0.15, 0.2) is 0 Å². The monoisotopic (exact) mass is 509 g/mol. The average molecular weight is 510 g/mol. The molecule has 0 aromatic rings. The fourth-order valence-electron chi connectivity index (χ4n) is 3.22. The van der Waals surface area contributed by atoms with E-state index < -0.39 is 6.55 Å². The zero-order valence-electron chi connectivity index (χ0n) is 21.7. The van der Waals surface area contributed by atoms with Gasteiger partial charge in [-0.1, -0.05) is 0 Å². The van der Waals surface area contributed by atoms with E-state index in [0.29, 0.717) is 19.4 Å². The molecule has 0 unspecified atom stereocenters. The van der Waals surface area contributed by atoms with Gasteiger partial charge in [0, 0.05) is 0 Å². The second kappa shape index (κ2) is 21.9. The van der Waals surface area contributed by atoms with Crippen molar-refractivity contribution in [1.29, 1.82) is 0 Å². The van der Waals surface area contributed by atoms with Crippen molar-refractivity contribution < 1.29 is 18.6 Å². The van der Waals surface area contributed by atoms with Crippen LogP contribution in [0.15, 0.2) is 0 Å². The minimum atomic E-state index is -1.55. The first-order valence-corrected chi connectivity index (χ1v) is 17.5. The van der Waals surface area contributed by atoms with Crippen LogP contribution in [0.5, 0.6) is 0 Å². The van der Waals surface area contributed by atoms with Gasteiger partial charge in [0.1, 0.15) is 0 Å². The molecule has 32 heavy (non-hydrogen) atoms. The van der Waals surface area contributed by atoms with Crippen molar-refractivity contribution in [1.82, 2.24) is 0 Å². The molecule has 0 atom stereocenters. The summed E-state index contributed by atoms with van der Waals surface area (Å²) in [7, 11) is 6.40. The Morgan fingerprint density at radius 2 is 1.03 bits per heavy atom. The molecule has 0 aromatic carbocycles. The Bertz CT molecular complexity index is 441. The molecule has 0 amide bonds. The standard InChI is InChI=1S/C25H52NO3PS2/c1-6-8-10-12-14-16-18-20-24(27)31-30(29-23-22-26(3,4)5)32-25(28)21-19-17-15-13-11-9-7-2/h30H,6-23H2,1-5H3. The van der Waals surface area contributed by atoms with Crippen LogP contribution in [0.25, 0.3) is 0 Å². The van der Waals surface area contributed by atoms with Gasteiger partial charge in [-0.2, -0.15) is 0 Å². The van der Waals surface area contributed by atoms with Gasteiger partial charge in [0.2, 0.25) is 0 Å². The van der Waals surface area contributed by atoms with Crippen LogP contribution in [-0.4, -0.2) is 49.0 Å². The third-order valence-electron chi connectivity index (χ3n) is 5.35. The van der Waals surface area contributed by atoms with Crippen molar-refractivity contribution >= 4 is 39.5 Å². The molecule has 0 spiro atoms. The van der Waals surface area contributed by atoms with E-state index in [1.807, 2.05) is 0 Å². The van der Waals surface area contributed by atoms with Crippen LogP contribution in [0.4, 0.5) is 0 Å². The third-order valence-corrected chi connectivity index (χ3v) is 11.6. The molecule has 0 aliphatic rings. The van der Waals surface area contributed by atoms with Crippen LogP contribution in [0, 0.1) is 0 Å². The topological polar surface area (TPSA) is 43.4 Å². The number of unbranched alkanes of at least 4 members (excludes halogenated alkanes) is 12. The fourth-order valence-corrected chi connectivity index (χ4v) is 9.26. The zero-order chi connectivity index (χ0) is 24.1. The predicted molar refractivity (Wildman–Crippen MR) is 148 cm³/mol. The number of hydrogen-bond donors (Lipinski definition) is 0. The van der Waals surface area contributed by atoms with Crippen molar-refractivity contribution in [2.24, 2.45) is 0 Å². The van der Waals surface area contributed by atoms with Gasteiger partial charge < -0.3 is 0 Å². The summed E-state index contributed by atoms with van der Waals surface area (Å²) >= 11 is 2.65. The maximum atomic E-state index is 12.5. The first-order chi connectivity index (χ1) is 15.3. The Labute approximate surface area is 208 Å². The Morgan fingerprint density at radius 3 is 1.41 bits per heavy atom. The number of carbonyl (C=O) groups is 2. The summed E-state index contributed by atoms with van der Waals surface area (Å²) < 4.78 is 6.90. The Kier molecular flexibility index (Phi) is 22.2. The SMILES string of the molecule is CCCCCCCCCC(=O)S[PH-](OCC[N+](C)(C)C)SC(=O)CCCCCCCCC. The molecular weight excluding hydrogens is 457 g/mol. The summed E-state index contributed by atoms with van der Waals surface area (Å²) in [5.41, 5.74) is 0. The second-order valence-electron chi connectivity index (χ2n) is 9.80. The van der Waals surface area contributed by atoms with Gasteiger partial charge in [-0.3, -0.25) is 0 Å². The number of nitrogens with zero attached hydrogens (tertiary/aromatic N) is 1. The zero-order valence-corrected chi connectivity index (χ0v) is 24.3. The Morgan fingerprint density at radius 1 is 0.656 bits per heavy atom. The summed E-state index contributed by atoms with van der Waals surface area (Å²) in [6.07, 6.45) is 18.2.